The molecule has 0 bridgehead atoms. The molecule has 0 radical (unpaired) electrons. The minimum Gasteiger partial charge on any atom is -0.444 e. The highest BCUT2D eigenvalue weighted by molar-refractivity contribution is 5.89. The van der Waals surface area contributed by atoms with E-state index in [-0.39, 0.29) is 25.4 Å². The lowest BCUT2D eigenvalue weighted by atomic mass is 9.77. The summed E-state index contributed by atoms with van der Waals surface area (Å²) < 4.78 is 5.11. The smallest absolute Gasteiger partial charge is 0.408 e. The highest BCUT2D eigenvalue weighted by Crippen LogP contribution is 2.39. The van der Waals surface area contributed by atoms with Crippen LogP contribution in [0, 0.1) is 5.92 Å². The van der Waals surface area contributed by atoms with Crippen LogP contribution in [0.4, 0.5) is 4.79 Å². The SMILES string of the molecule is CC1=CC([C@]2(O)C[C@@H](C(N)=O)N(C(=O)CNC(=O)OC(C)(C)C)C2)CC(C)=C1. The second-order valence-corrected chi connectivity index (χ2v) is 8.81. The summed E-state index contributed by atoms with van der Waals surface area (Å²) in [7, 11) is 0. The predicted octanol–water partition coefficient (Wildman–Crippen LogP) is 1.24. The Balaban J connectivity index is 2.09. The van der Waals surface area contributed by atoms with E-state index in [0.717, 1.165) is 11.1 Å². The lowest BCUT2D eigenvalue weighted by molar-refractivity contribution is -0.136. The monoisotopic (exact) mass is 393 g/mol. The average Bonchev–Trinajstić information content (AvgIpc) is 2.90. The molecule has 1 heterocycles. The maximum Gasteiger partial charge on any atom is 0.408 e. The van der Waals surface area contributed by atoms with E-state index in [1.807, 2.05) is 26.0 Å². The standard InChI is InChI=1S/C20H31N3O5/c1-12-6-13(2)8-14(7-12)20(27)9-15(17(21)25)23(11-20)16(24)10-22-18(26)28-19(3,4)5/h6-7,14-15,27H,8-11H2,1-5H3,(H2,21,25)(H,22,26)/t14?,15-,20-/m0/s1. The van der Waals surface area contributed by atoms with Gasteiger partial charge in [0.1, 0.15) is 18.2 Å². The molecule has 4 N–H and O–H groups in total. The molecule has 1 fully saturated rings. The molecule has 1 aliphatic heterocycles. The van der Waals surface area contributed by atoms with Gasteiger partial charge < -0.3 is 25.8 Å². The predicted molar refractivity (Wildman–Crippen MR) is 104 cm³/mol. The highest BCUT2D eigenvalue weighted by Gasteiger charge is 2.50. The fourth-order valence-corrected chi connectivity index (χ4v) is 3.83. The number of nitrogens with zero attached hydrogens (tertiary/aromatic N) is 1. The molecule has 2 aliphatic rings. The van der Waals surface area contributed by atoms with E-state index in [4.69, 9.17) is 10.5 Å². The maximum atomic E-state index is 12.6. The third kappa shape index (κ3) is 5.34. The summed E-state index contributed by atoms with van der Waals surface area (Å²) in [5.74, 6) is -1.38. The molecule has 28 heavy (non-hydrogen) atoms. The Morgan fingerprint density at radius 3 is 2.54 bits per heavy atom. The minimum absolute atomic E-state index is 0.0167. The molecule has 8 heteroatoms. The number of carbonyl (C=O) groups excluding carboxylic acids is 3. The van der Waals surface area contributed by atoms with Crippen LogP contribution in [0.2, 0.25) is 0 Å². The molecule has 1 unspecified atom stereocenters. The van der Waals surface area contributed by atoms with Crippen LogP contribution in [0.25, 0.3) is 0 Å². The molecular weight excluding hydrogens is 362 g/mol. The van der Waals surface area contributed by atoms with E-state index in [1.54, 1.807) is 20.8 Å². The number of carbonyl (C=O) groups is 3. The molecule has 3 atom stereocenters. The summed E-state index contributed by atoms with van der Waals surface area (Å²) in [5.41, 5.74) is 5.71. The third-order valence-electron chi connectivity index (χ3n) is 4.97. The quantitative estimate of drug-likeness (QED) is 0.663. The number of nitrogens with two attached hydrogens (primary N) is 1. The van der Waals surface area contributed by atoms with Crippen molar-refractivity contribution in [1.29, 1.82) is 0 Å². The first-order chi connectivity index (χ1) is 12.8. The van der Waals surface area contributed by atoms with Gasteiger partial charge in [0, 0.05) is 12.3 Å². The van der Waals surface area contributed by atoms with Crippen LogP contribution in [0.1, 0.15) is 47.5 Å². The van der Waals surface area contributed by atoms with Gasteiger partial charge in [0.25, 0.3) is 0 Å². The zero-order valence-electron chi connectivity index (χ0n) is 17.2. The molecule has 8 nitrogen and oxygen atoms in total. The van der Waals surface area contributed by atoms with E-state index >= 15 is 0 Å². The number of ether oxygens (including phenoxy) is 1. The van der Waals surface area contributed by atoms with Gasteiger partial charge in [0.2, 0.25) is 11.8 Å². The number of rotatable bonds is 4. The molecule has 0 aromatic rings. The molecule has 0 aromatic carbocycles. The summed E-state index contributed by atoms with van der Waals surface area (Å²) in [6, 6.07) is -0.919. The zero-order chi connectivity index (χ0) is 21.3. The number of nitrogens with one attached hydrogen (secondary N) is 1. The van der Waals surface area contributed by atoms with Crippen molar-refractivity contribution in [3.8, 4) is 0 Å². The van der Waals surface area contributed by atoms with Crippen LogP contribution in [0.5, 0.6) is 0 Å². The lowest BCUT2D eigenvalue weighted by Gasteiger charge is -2.33. The van der Waals surface area contributed by atoms with Crippen molar-refractivity contribution in [2.45, 2.75) is 64.7 Å². The van der Waals surface area contributed by atoms with Gasteiger partial charge in [-0.05, 0) is 41.0 Å². The molecular formula is C20H31N3O5. The molecule has 0 aromatic heterocycles. The number of hydrogen-bond donors (Lipinski definition) is 3. The van der Waals surface area contributed by atoms with Gasteiger partial charge in [-0.3, -0.25) is 9.59 Å². The van der Waals surface area contributed by atoms with E-state index in [2.05, 4.69) is 5.32 Å². The van der Waals surface area contributed by atoms with Crippen molar-refractivity contribution in [3.05, 3.63) is 23.3 Å². The third-order valence-corrected chi connectivity index (χ3v) is 4.97. The topological polar surface area (TPSA) is 122 Å². The van der Waals surface area contributed by atoms with Crippen LogP contribution >= 0.6 is 0 Å². The first-order valence-electron chi connectivity index (χ1n) is 9.44. The second kappa shape index (κ2) is 7.95. The maximum absolute atomic E-state index is 12.6. The van der Waals surface area contributed by atoms with Gasteiger partial charge in [-0.15, -0.1) is 0 Å². The Bertz CT molecular complexity index is 722. The average molecular weight is 393 g/mol. The largest absolute Gasteiger partial charge is 0.444 e. The number of likely N-dealkylation sites (tertiary alicyclic amines) is 1. The summed E-state index contributed by atoms with van der Waals surface area (Å²) >= 11 is 0. The van der Waals surface area contributed by atoms with Gasteiger partial charge in [0.05, 0.1) is 12.1 Å². The van der Waals surface area contributed by atoms with Crippen molar-refractivity contribution in [1.82, 2.24) is 10.2 Å². The summed E-state index contributed by atoms with van der Waals surface area (Å²) in [4.78, 5) is 37.6. The number of allylic oxidation sites excluding steroid dienone is 3. The van der Waals surface area contributed by atoms with E-state index < -0.39 is 35.2 Å². The number of β-amino-alcohol motifs (C(OH)–C–C–N with tert-alkyl or cyclic N) is 1. The van der Waals surface area contributed by atoms with Gasteiger partial charge in [-0.2, -0.15) is 0 Å². The lowest BCUT2D eigenvalue weighted by Crippen LogP contribution is -2.48. The van der Waals surface area contributed by atoms with Crippen molar-refractivity contribution < 1.29 is 24.2 Å². The molecule has 0 spiro atoms. The first kappa shape index (κ1) is 21.9. The number of aliphatic hydroxyl groups is 1. The molecule has 1 saturated heterocycles. The van der Waals surface area contributed by atoms with Crippen molar-refractivity contribution >= 4 is 17.9 Å². The van der Waals surface area contributed by atoms with Gasteiger partial charge >= 0.3 is 6.09 Å². The Morgan fingerprint density at radius 2 is 2.00 bits per heavy atom. The van der Waals surface area contributed by atoms with Crippen LogP contribution < -0.4 is 11.1 Å². The normalized spacial score (nSPS) is 27.7. The number of hydrogen-bond acceptors (Lipinski definition) is 5. The van der Waals surface area contributed by atoms with E-state index in [9.17, 15) is 19.5 Å². The van der Waals surface area contributed by atoms with Crippen LogP contribution in [-0.2, 0) is 14.3 Å². The van der Waals surface area contributed by atoms with Gasteiger partial charge in [-0.1, -0.05) is 23.3 Å². The summed E-state index contributed by atoms with van der Waals surface area (Å²) in [6.45, 7) is 8.73. The van der Waals surface area contributed by atoms with Crippen molar-refractivity contribution in [2.75, 3.05) is 13.1 Å². The van der Waals surface area contributed by atoms with Crippen LogP contribution in [0.15, 0.2) is 23.3 Å². The highest BCUT2D eigenvalue weighted by atomic mass is 16.6. The molecule has 2 rings (SSSR count). The van der Waals surface area contributed by atoms with Gasteiger partial charge in [0.15, 0.2) is 0 Å². The summed E-state index contributed by atoms with van der Waals surface area (Å²) in [6.07, 6.45) is 4.02. The molecule has 1 aliphatic carbocycles. The van der Waals surface area contributed by atoms with Crippen molar-refractivity contribution in [3.63, 3.8) is 0 Å². The number of alkyl carbamates (subject to hydrolysis) is 1. The van der Waals surface area contributed by atoms with Crippen LogP contribution in [0.3, 0.4) is 0 Å². The van der Waals surface area contributed by atoms with E-state index in [0.29, 0.717) is 6.42 Å². The van der Waals surface area contributed by atoms with Crippen molar-refractivity contribution in [2.24, 2.45) is 11.7 Å². The van der Waals surface area contributed by atoms with Gasteiger partial charge in [-0.25, -0.2) is 4.79 Å². The number of amides is 3. The second-order valence-electron chi connectivity index (χ2n) is 8.81. The minimum atomic E-state index is -1.25. The zero-order valence-corrected chi connectivity index (χ0v) is 17.2. The van der Waals surface area contributed by atoms with E-state index in [1.165, 1.54) is 4.90 Å². The molecule has 156 valence electrons. The fraction of sp³-hybridized carbons (Fsp3) is 0.650. The van der Waals surface area contributed by atoms with Crippen LogP contribution in [-0.4, -0.2) is 58.2 Å². The first-order valence-corrected chi connectivity index (χ1v) is 9.44. The molecule has 3 amide bonds. The number of primary amides is 1. The fourth-order valence-electron chi connectivity index (χ4n) is 3.83. The Kier molecular flexibility index (Phi) is 6.23. The molecule has 0 saturated carbocycles. The Hall–Kier alpha value is -2.35. The summed E-state index contributed by atoms with van der Waals surface area (Å²) in [5, 5.41) is 13.6. The Labute approximate surface area is 165 Å². The Morgan fingerprint density at radius 1 is 1.36 bits per heavy atom.